The Bertz CT molecular complexity index is 756. The number of fused-ring (bicyclic) bond motifs is 1. The molecule has 17 heavy (non-hydrogen) atoms. The Kier molecular flexibility index (Phi) is 2.05. The van der Waals surface area contributed by atoms with Crippen LogP contribution in [0.15, 0.2) is 26.0 Å². The number of aromatic amines is 2. The van der Waals surface area contributed by atoms with Gasteiger partial charge in [0.2, 0.25) is 5.95 Å². The van der Waals surface area contributed by atoms with Crippen molar-refractivity contribution in [2.75, 3.05) is 5.73 Å². The molecule has 0 aliphatic carbocycles. The molecular weight excluding hydrogens is 290 g/mol. The summed E-state index contributed by atoms with van der Waals surface area (Å²) in [6.45, 7) is 0. The molecule has 3 heterocycles. The molecule has 3 aromatic heterocycles. The average molecular weight is 296 g/mol. The Morgan fingerprint density at radius 3 is 2.82 bits per heavy atom. The maximum Gasteiger partial charge on any atom is 0.278 e. The molecule has 0 saturated carbocycles. The van der Waals surface area contributed by atoms with Gasteiger partial charge in [0, 0.05) is 0 Å². The first-order valence-electron chi connectivity index (χ1n) is 4.65. The number of furan rings is 1. The molecule has 0 aliphatic heterocycles. The summed E-state index contributed by atoms with van der Waals surface area (Å²) in [4.78, 5) is 24.8. The van der Waals surface area contributed by atoms with Gasteiger partial charge in [-0.15, -0.1) is 0 Å². The van der Waals surface area contributed by atoms with Crippen LogP contribution < -0.4 is 11.3 Å². The fourth-order valence-electron chi connectivity index (χ4n) is 1.48. The summed E-state index contributed by atoms with van der Waals surface area (Å²) in [5, 5.41) is 0. The standard InChI is InChI=1S/C9H6BrN5O2/c10-4-2-1-3(17-4)6-12-5-7(13-6)14-9(11)15-8(5)16/h1-2H,(H4,11,12,13,14,15,16). The van der Waals surface area contributed by atoms with E-state index in [0.29, 0.717) is 16.3 Å². The van der Waals surface area contributed by atoms with E-state index in [-0.39, 0.29) is 22.7 Å². The molecule has 0 aromatic carbocycles. The monoisotopic (exact) mass is 295 g/mol. The lowest BCUT2D eigenvalue weighted by molar-refractivity contribution is 0.552. The topological polar surface area (TPSA) is 114 Å². The van der Waals surface area contributed by atoms with Gasteiger partial charge in [-0.05, 0) is 28.1 Å². The fraction of sp³-hybridized carbons (Fsp3) is 0. The smallest absolute Gasteiger partial charge is 0.278 e. The van der Waals surface area contributed by atoms with Gasteiger partial charge in [0.1, 0.15) is 0 Å². The second-order valence-corrected chi connectivity index (χ2v) is 4.12. The molecule has 0 bridgehead atoms. The first-order valence-corrected chi connectivity index (χ1v) is 5.44. The number of halogens is 1. The molecule has 8 heteroatoms. The highest BCUT2D eigenvalue weighted by Gasteiger charge is 2.12. The maximum atomic E-state index is 11.6. The predicted octanol–water partition coefficient (Wildman–Crippen LogP) is 1.25. The lowest BCUT2D eigenvalue weighted by Crippen LogP contribution is -2.10. The number of rotatable bonds is 1. The van der Waals surface area contributed by atoms with Crippen LogP contribution in [0, 0.1) is 0 Å². The van der Waals surface area contributed by atoms with Crippen LogP contribution in [0.5, 0.6) is 0 Å². The number of nitrogens with zero attached hydrogens (tertiary/aromatic N) is 2. The average Bonchev–Trinajstić information content (AvgIpc) is 2.83. The van der Waals surface area contributed by atoms with Crippen molar-refractivity contribution in [2.45, 2.75) is 0 Å². The predicted molar refractivity (Wildman–Crippen MR) is 64.3 cm³/mol. The summed E-state index contributed by atoms with van der Waals surface area (Å²) in [5.74, 6) is 0.961. The van der Waals surface area contributed by atoms with Gasteiger partial charge in [0.05, 0.1) is 0 Å². The molecule has 3 rings (SSSR count). The van der Waals surface area contributed by atoms with E-state index in [1.165, 1.54) is 0 Å². The first-order chi connectivity index (χ1) is 8.13. The van der Waals surface area contributed by atoms with Gasteiger partial charge < -0.3 is 15.1 Å². The Labute approximate surface area is 102 Å². The number of imidazole rings is 1. The number of nitrogens with two attached hydrogens (primary N) is 1. The van der Waals surface area contributed by atoms with Gasteiger partial charge in [-0.1, -0.05) is 0 Å². The van der Waals surface area contributed by atoms with E-state index in [1.54, 1.807) is 12.1 Å². The van der Waals surface area contributed by atoms with Crippen molar-refractivity contribution in [3.63, 3.8) is 0 Å². The summed E-state index contributed by atoms with van der Waals surface area (Å²) in [6.07, 6.45) is 0. The van der Waals surface area contributed by atoms with Crippen molar-refractivity contribution >= 4 is 33.0 Å². The van der Waals surface area contributed by atoms with Crippen molar-refractivity contribution in [1.29, 1.82) is 0 Å². The zero-order chi connectivity index (χ0) is 12.0. The number of hydrogen-bond acceptors (Lipinski definition) is 5. The van der Waals surface area contributed by atoms with E-state index in [0.717, 1.165) is 0 Å². The van der Waals surface area contributed by atoms with E-state index >= 15 is 0 Å². The third kappa shape index (κ3) is 1.62. The van der Waals surface area contributed by atoms with Gasteiger partial charge in [-0.25, -0.2) is 4.98 Å². The molecular formula is C9H6BrN5O2. The summed E-state index contributed by atoms with van der Waals surface area (Å²) in [5.41, 5.74) is 5.58. The Morgan fingerprint density at radius 1 is 1.29 bits per heavy atom. The molecule has 0 amide bonds. The highest BCUT2D eigenvalue weighted by atomic mass is 79.9. The largest absolute Gasteiger partial charge is 0.446 e. The number of nitrogen functional groups attached to an aromatic ring is 1. The first kappa shape index (κ1) is 10.1. The number of nitrogens with one attached hydrogen (secondary N) is 2. The number of H-pyrrole nitrogens is 2. The molecule has 0 saturated heterocycles. The Hall–Kier alpha value is -2.09. The van der Waals surface area contributed by atoms with Crippen LogP contribution in [0.1, 0.15) is 0 Å². The van der Waals surface area contributed by atoms with Crippen LogP contribution in [0.3, 0.4) is 0 Å². The Balaban J connectivity index is 2.27. The molecule has 7 nitrogen and oxygen atoms in total. The van der Waals surface area contributed by atoms with Gasteiger partial charge in [-0.2, -0.15) is 4.98 Å². The molecule has 0 radical (unpaired) electrons. The van der Waals surface area contributed by atoms with Crippen molar-refractivity contribution in [2.24, 2.45) is 0 Å². The van der Waals surface area contributed by atoms with E-state index in [4.69, 9.17) is 10.2 Å². The summed E-state index contributed by atoms with van der Waals surface area (Å²) >= 11 is 3.19. The Morgan fingerprint density at radius 2 is 2.12 bits per heavy atom. The third-order valence-corrected chi connectivity index (χ3v) is 2.61. The lowest BCUT2D eigenvalue weighted by atomic mass is 10.4. The van der Waals surface area contributed by atoms with E-state index in [2.05, 4.69) is 35.9 Å². The minimum Gasteiger partial charge on any atom is -0.446 e. The van der Waals surface area contributed by atoms with Crippen LogP contribution in [0.4, 0.5) is 5.95 Å². The van der Waals surface area contributed by atoms with E-state index in [1.807, 2.05) is 0 Å². The van der Waals surface area contributed by atoms with E-state index in [9.17, 15) is 4.79 Å². The summed E-state index contributed by atoms with van der Waals surface area (Å²) < 4.78 is 5.90. The summed E-state index contributed by atoms with van der Waals surface area (Å²) in [7, 11) is 0. The fourth-order valence-corrected chi connectivity index (χ4v) is 1.79. The van der Waals surface area contributed by atoms with Gasteiger partial charge in [0.25, 0.3) is 5.56 Å². The van der Waals surface area contributed by atoms with Gasteiger partial charge in [-0.3, -0.25) is 9.78 Å². The van der Waals surface area contributed by atoms with Crippen molar-refractivity contribution in [1.82, 2.24) is 19.9 Å². The molecule has 3 aromatic rings. The molecule has 4 N–H and O–H groups in total. The quantitative estimate of drug-likeness (QED) is 0.625. The molecule has 0 atom stereocenters. The van der Waals surface area contributed by atoms with Crippen LogP contribution in [0.25, 0.3) is 22.7 Å². The lowest BCUT2D eigenvalue weighted by Gasteiger charge is -1.89. The second-order valence-electron chi connectivity index (χ2n) is 3.34. The summed E-state index contributed by atoms with van der Waals surface area (Å²) in [6, 6.07) is 3.45. The number of anilines is 1. The van der Waals surface area contributed by atoms with Crippen molar-refractivity contribution < 1.29 is 4.42 Å². The van der Waals surface area contributed by atoms with Crippen LogP contribution >= 0.6 is 15.9 Å². The molecule has 0 aliphatic rings. The normalized spacial score (nSPS) is 11.1. The van der Waals surface area contributed by atoms with Gasteiger partial charge in [0.15, 0.2) is 27.4 Å². The highest BCUT2D eigenvalue weighted by Crippen LogP contribution is 2.23. The van der Waals surface area contributed by atoms with E-state index < -0.39 is 0 Å². The highest BCUT2D eigenvalue weighted by molar-refractivity contribution is 9.10. The van der Waals surface area contributed by atoms with Crippen LogP contribution in [-0.4, -0.2) is 19.9 Å². The van der Waals surface area contributed by atoms with Crippen LogP contribution in [0.2, 0.25) is 0 Å². The van der Waals surface area contributed by atoms with Gasteiger partial charge >= 0.3 is 0 Å². The minimum absolute atomic E-state index is 0.0289. The molecule has 0 fully saturated rings. The zero-order valence-electron chi connectivity index (χ0n) is 8.32. The van der Waals surface area contributed by atoms with Crippen molar-refractivity contribution in [3.05, 3.63) is 27.2 Å². The second kappa shape index (κ2) is 3.45. The minimum atomic E-state index is -0.364. The number of hydrogen-bond donors (Lipinski definition) is 3. The number of aromatic nitrogens is 4. The zero-order valence-corrected chi connectivity index (χ0v) is 9.91. The maximum absolute atomic E-state index is 11.6. The van der Waals surface area contributed by atoms with Crippen molar-refractivity contribution in [3.8, 4) is 11.6 Å². The molecule has 0 unspecified atom stereocenters. The third-order valence-electron chi connectivity index (χ3n) is 2.19. The van der Waals surface area contributed by atoms with Crippen LogP contribution in [-0.2, 0) is 0 Å². The molecule has 0 spiro atoms. The molecule has 86 valence electrons. The SMILES string of the molecule is Nc1nc2nc(-c3ccc(Br)o3)[nH]c2c(=O)[nH]1.